The van der Waals surface area contributed by atoms with Crippen LogP contribution in [0, 0.1) is 5.82 Å². The van der Waals surface area contributed by atoms with Crippen LogP contribution < -0.4 is 10.2 Å². The predicted molar refractivity (Wildman–Crippen MR) is 103 cm³/mol. The van der Waals surface area contributed by atoms with Crippen molar-refractivity contribution < 1.29 is 12.8 Å². The molecule has 1 N–H and O–H groups in total. The van der Waals surface area contributed by atoms with E-state index in [1.54, 1.807) is 6.07 Å². The minimum atomic E-state index is -3.97. The molecule has 1 aliphatic heterocycles. The third kappa shape index (κ3) is 3.40. The quantitative estimate of drug-likeness (QED) is 0.751. The summed E-state index contributed by atoms with van der Waals surface area (Å²) in [6.45, 7) is 4.80. The van der Waals surface area contributed by atoms with Crippen molar-refractivity contribution in [3.63, 3.8) is 0 Å². The predicted octanol–water partition coefficient (Wildman–Crippen LogP) is 3.00. The van der Waals surface area contributed by atoms with Crippen LogP contribution in [0.15, 0.2) is 64.5 Å². The molecule has 3 aromatic rings. The third-order valence-corrected chi connectivity index (χ3v) is 6.56. The summed E-state index contributed by atoms with van der Waals surface area (Å²) in [6, 6.07) is 13.2. The van der Waals surface area contributed by atoms with Gasteiger partial charge in [-0.2, -0.15) is 0 Å². The van der Waals surface area contributed by atoms with Crippen molar-refractivity contribution in [2.75, 3.05) is 24.5 Å². The molecule has 1 fully saturated rings. The fourth-order valence-electron chi connectivity index (χ4n) is 3.40. The van der Waals surface area contributed by atoms with Crippen molar-refractivity contribution in [2.45, 2.75) is 22.8 Å². The molecule has 27 heavy (non-hydrogen) atoms. The van der Waals surface area contributed by atoms with Gasteiger partial charge in [0.25, 0.3) is 0 Å². The van der Waals surface area contributed by atoms with Crippen molar-refractivity contribution >= 4 is 26.4 Å². The Labute approximate surface area is 157 Å². The number of pyridine rings is 1. The maximum Gasteiger partial charge on any atom is 0.211 e. The average Bonchev–Trinajstić information content (AvgIpc) is 2.67. The summed E-state index contributed by atoms with van der Waals surface area (Å²) in [5.41, 5.74) is 1.73. The molecule has 0 amide bonds. The number of nitrogens with zero attached hydrogens (tertiary/aromatic N) is 2. The van der Waals surface area contributed by atoms with E-state index in [1.165, 1.54) is 24.4 Å². The van der Waals surface area contributed by atoms with Gasteiger partial charge in [0.15, 0.2) is 0 Å². The molecule has 2 aromatic carbocycles. The maximum atomic E-state index is 14.0. The van der Waals surface area contributed by atoms with Crippen LogP contribution in [0.4, 0.5) is 10.1 Å². The number of anilines is 1. The summed E-state index contributed by atoms with van der Waals surface area (Å²) in [5, 5.41) is 4.12. The molecule has 0 saturated carbocycles. The second-order valence-electron chi connectivity index (χ2n) is 6.78. The zero-order valence-electron chi connectivity index (χ0n) is 14.9. The molecule has 1 saturated heterocycles. The Bertz CT molecular complexity index is 1100. The summed E-state index contributed by atoms with van der Waals surface area (Å²) in [5.74, 6) is -0.763. The molecule has 140 valence electrons. The van der Waals surface area contributed by atoms with Gasteiger partial charge >= 0.3 is 0 Å². The number of sulfone groups is 1. The summed E-state index contributed by atoms with van der Waals surface area (Å²) in [4.78, 5) is 6.19. The highest BCUT2D eigenvalue weighted by molar-refractivity contribution is 7.91. The van der Waals surface area contributed by atoms with Gasteiger partial charge in [0.2, 0.25) is 9.84 Å². The van der Waals surface area contributed by atoms with E-state index in [0.717, 1.165) is 36.8 Å². The van der Waals surface area contributed by atoms with E-state index in [9.17, 15) is 12.8 Å². The highest BCUT2D eigenvalue weighted by atomic mass is 32.2. The van der Waals surface area contributed by atoms with Gasteiger partial charge in [0.1, 0.15) is 10.7 Å². The molecule has 0 spiro atoms. The zero-order valence-corrected chi connectivity index (χ0v) is 15.7. The average molecular weight is 385 g/mol. The first-order valence-electron chi connectivity index (χ1n) is 8.83. The van der Waals surface area contributed by atoms with Crippen molar-refractivity contribution in [3.8, 4) is 0 Å². The lowest BCUT2D eigenvalue weighted by Gasteiger charge is -2.33. The highest BCUT2D eigenvalue weighted by Gasteiger charge is 2.22. The third-order valence-electron chi connectivity index (χ3n) is 4.81. The minimum Gasteiger partial charge on any atom is -0.369 e. The van der Waals surface area contributed by atoms with Gasteiger partial charge in [-0.25, -0.2) is 12.8 Å². The van der Waals surface area contributed by atoms with E-state index in [0.29, 0.717) is 11.6 Å². The van der Waals surface area contributed by atoms with Crippen LogP contribution in [0.5, 0.6) is 0 Å². The van der Waals surface area contributed by atoms with Crippen molar-refractivity contribution in [3.05, 3.63) is 60.5 Å². The molecule has 5 nitrogen and oxygen atoms in total. The van der Waals surface area contributed by atoms with Crippen molar-refractivity contribution in [1.29, 1.82) is 0 Å². The number of nitrogens with one attached hydrogen (secondary N) is 1. The Hall–Kier alpha value is -2.51. The number of benzene rings is 2. The van der Waals surface area contributed by atoms with Gasteiger partial charge in [-0.15, -0.1) is 0 Å². The zero-order chi connectivity index (χ0) is 19.0. The SMILES string of the molecule is C[C@H]1CN(c2ccc3ncc(S(=O)(=O)c4ccccc4F)cc3c2)CCN1. The van der Waals surface area contributed by atoms with Gasteiger partial charge < -0.3 is 10.2 Å². The van der Waals surface area contributed by atoms with Crippen LogP contribution in [-0.2, 0) is 9.84 Å². The maximum absolute atomic E-state index is 14.0. The number of hydrogen-bond donors (Lipinski definition) is 1. The van der Waals surface area contributed by atoms with Crippen LogP contribution in [0.3, 0.4) is 0 Å². The first-order chi connectivity index (χ1) is 12.9. The second kappa shape index (κ2) is 6.90. The second-order valence-corrected chi connectivity index (χ2v) is 8.70. The number of fused-ring (bicyclic) bond motifs is 1. The molecule has 0 radical (unpaired) electrons. The van der Waals surface area contributed by atoms with E-state index >= 15 is 0 Å². The van der Waals surface area contributed by atoms with Crippen LogP contribution in [0.1, 0.15) is 6.92 Å². The molecule has 4 rings (SSSR count). The smallest absolute Gasteiger partial charge is 0.211 e. The lowest BCUT2D eigenvalue weighted by Crippen LogP contribution is -2.49. The molecule has 0 aliphatic carbocycles. The van der Waals surface area contributed by atoms with Gasteiger partial charge in [0.05, 0.1) is 10.4 Å². The standard InChI is InChI=1S/C20H20FN3O2S/c1-14-13-24(9-8-22-14)16-6-7-19-15(10-16)11-17(12-23-19)27(25,26)20-5-3-2-4-18(20)21/h2-7,10-12,14,22H,8-9,13H2,1H3/t14-/m0/s1. The lowest BCUT2D eigenvalue weighted by atomic mass is 10.1. The fourth-order valence-corrected chi connectivity index (χ4v) is 4.71. The van der Waals surface area contributed by atoms with Crippen LogP contribution in [-0.4, -0.2) is 39.1 Å². The van der Waals surface area contributed by atoms with Crippen LogP contribution in [0.25, 0.3) is 10.9 Å². The molecule has 1 aliphatic rings. The van der Waals surface area contributed by atoms with E-state index in [1.807, 2.05) is 18.2 Å². The molecule has 1 aromatic heterocycles. The topological polar surface area (TPSA) is 62.3 Å². The lowest BCUT2D eigenvalue weighted by molar-refractivity contribution is 0.485. The Morgan fingerprint density at radius 3 is 2.78 bits per heavy atom. The minimum absolute atomic E-state index is 0.00840. The van der Waals surface area contributed by atoms with Gasteiger partial charge in [-0.3, -0.25) is 4.98 Å². The fraction of sp³-hybridized carbons (Fsp3) is 0.250. The first-order valence-corrected chi connectivity index (χ1v) is 10.3. The van der Waals surface area contributed by atoms with Gasteiger partial charge in [-0.05, 0) is 43.3 Å². The molecule has 0 bridgehead atoms. The first kappa shape index (κ1) is 17.9. The monoisotopic (exact) mass is 385 g/mol. The van der Waals surface area contributed by atoms with E-state index < -0.39 is 15.7 Å². The van der Waals surface area contributed by atoms with Crippen LogP contribution >= 0.6 is 0 Å². The normalized spacial score (nSPS) is 18.0. The van der Waals surface area contributed by atoms with E-state index in [4.69, 9.17) is 0 Å². The Morgan fingerprint density at radius 2 is 2.00 bits per heavy atom. The Balaban J connectivity index is 1.76. The molecular weight excluding hydrogens is 365 g/mol. The summed E-state index contributed by atoms with van der Waals surface area (Å²) >= 11 is 0. The summed E-state index contributed by atoms with van der Waals surface area (Å²) in [7, 11) is -3.97. The largest absolute Gasteiger partial charge is 0.369 e. The van der Waals surface area contributed by atoms with E-state index in [-0.39, 0.29) is 9.79 Å². The molecule has 2 heterocycles. The number of piperazine rings is 1. The van der Waals surface area contributed by atoms with Crippen molar-refractivity contribution in [2.24, 2.45) is 0 Å². The summed E-state index contributed by atoms with van der Waals surface area (Å²) < 4.78 is 39.7. The number of halogens is 1. The number of rotatable bonds is 3. The molecule has 1 atom stereocenters. The Kier molecular flexibility index (Phi) is 4.57. The van der Waals surface area contributed by atoms with E-state index in [2.05, 4.69) is 22.1 Å². The molecule has 7 heteroatoms. The van der Waals surface area contributed by atoms with Crippen LogP contribution in [0.2, 0.25) is 0 Å². The number of aromatic nitrogens is 1. The van der Waals surface area contributed by atoms with Crippen molar-refractivity contribution in [1.82, 2.24) is 10.3 Å². The van der Waals surface area contributed by atoms with Gasteiger partial charge in [-0.1, -0.05) is 12.1 Å². The molecular formula is C20H20FN3O2S. The molecule has 0 unspecified atom stereocenters. The number of hydrogen-bond acceptors (Lipinski definition) is 5. The van der Waals surface area contributed by atoms with Gasteiger partial charge in [0, 0.05) is 42.9 Å². The Morgan fingerprint density at radius 1 is 1.19 bits per heavy atom. The summed E-state index contributed by atoms with van der Waals surface area (Å²) in [6.07, 6.45) is 1.29. The highest BCUT2D eigenvalue weighted by Crippen LogP contribution is 2.27.